The predicted molar refractivity (Wildman–Crippen MR) is 80.9 cm³/mol. The Kier molecular flexibility index (Phi) is 6.00. The molecule has 2 amide bonds. The van der Waals surface area contributed by atoms with Gasteiger partial charge in [0.05, 0.1) is 12.8 Å². The summed E-state index contributed by atoms with van der Waals surface area (Å²) in [5.41, 5.74) is 0. The maximum atomic E-state index is 12.3. The van der Waals surface area contributed by atoms with Crippen LogP contribution in [-0.2, 0) is 20.9 Å². The van der Waals surface area contributed by atoms with E-state index >= 15 is 0 Å². The number of ether oxygens (including phenoxy) is 1. The molecule has 1 saturated heterocycles. The average Bonchev–Trinajstić information content (AvgIpc) is 3.16. The van der Waals surface area contributed by atoms with E-state index in [-0.39, 0.29) is 11.8 Å². The van der Waals surface area contributed by atoms with E-state index in [2.05, 4.69) is 10.6 Å². The highest BCUT2D eigenvalue weighted by molar-refractivity contribution is 5.89. The molecule has 0 saturated carbocycles. The Morgan fingerprint density at radius 1 is 1.41 bits per heavy atom. The van der Waals surface area contributed by atoms with Crippen LogP contribution < -0.4 is 10.6 Å². The summed E-state index contributed by atoms with van der Waals surface area (Å²) < 4.78 is 10.5. The van der Waals surface area contributed by atoms with Gasteiger partial charge in [0.2, 0.25) is 11.8 Å². The van der Waals surface area contributed by atoms with Crippen LogP contribution in [0.25, 0.3) is 0 Å². The molecule has 2 N–H and O–H groups in total. The second-order valence-electron chi connectivity index (χ2n) is 5.99. The Balaban J connectivity index is 1.89. The summed E-state index contributed by atoms with van der Waals surface area (Å²) in [6.45, 7) is 4.96. The maximum Gasteiger partial charge on any atom is 0.249 e. The van der Waals surface area contributed by atoms with Crippen molar-refractivity contribution in [3.8, 4) is 0 Å². The van der Waals surface area contributed by atoms with E-state index in [9.17, 15) is 9.59 Å². The van der Waals surface area contributed by atoms with Crippen LogP contribution in [0.3, 0.4) is 0 Å². The van der Waals surface area contributed by atoms with Gasteiger partial charge in [0.15, 0.2) is 0 Å². The van der Waals surface area contributed by atoms with E-state index in [1.54, 1.807) is 18.4 Å². The number of carbonyl (C=O) groups is 2. The Bertz CT molecular complexity index is 478. The quantitative estimate of drug-likeness (QED) is 0.802. The molecule has 0 aliphatic carbocycles. The van der Waals surface area contributed by atoms with Gasteiger partial charge in [0, 0.05) is 6.61 Å². The molecule has 122 valence electrons. The van der Waals surface area contributed by atoms with Crippen molar-refractivity contribution in [1.29, 1.82) is 0 Å². The number of nitrogens with one attached hydrogen (secondary N) is 2. The van der Waals surface area contributed by atoms with Gasteiger partial charge in [-0.25, -0.2) is 0 Å². The summed E-state index contributed by atoms with van der Waals surface area (Å²) in [6.07, 6.45) is 3.33. The summed E-state index contributed by atoms with van der Waals surface area (Å²) in [4.78, 5) is 24.5. The van der Waals surface area contributed by atoms with Crippen LogP contribution in [0.4, 0.5) is 0 Å². The molecule has 1 aliphatic heterocycles. The van der Waals surface area contributed by atoms with Crippen LogP contribution in [0.2, 0.25) is 0 Å². The van der Waals surface area contributed by atoms with Crippen LogP contribution >= 0.6 is 0 Å². The number of hydrogen-bond acceptors (Lipinski definition) is 4. The molecule has 6 heteroatoms. The van der Waals surface area contributed by atoms with Crippen LogP contribution in [0.15, 0.2) is 22.8 Å². The summed E-state index contributed by atoms with van der Waals surface area (Å²) in [5.74, 6) is 0.582. The molecular weight excluding hydrogens is 284 g/mol. The topological polar surface area (TPSA) is 80.6 Å². The minimum absolute atomic E-state index is 0.198. The van der Waals surface area contributed by atoms with E-state index in [0.29, 0.717) is 37.7 Å². The molecule has 22 heavy (non-hydrogen) atoms. The molecule has 1 unspecified atom stereocenters. The van der Waals surface area contributed by atoms with Crippen molar-refractivity contribution in [2.45, 2.75) is 51.8 Å². The number of carbonyl (C=O) groups excluding carboxylic acids is 2. The van der Waals surface area contributed by atoms with E-state index in [0.717, 1.165) is 6.42 Å². The Morgan fingerprint density at radius 3 is 2.82 bits per heavy atom. The summed E-state index contributed by atoms with van der Waals surface area (Å²) in [7, 11) is 0. The van der Waals surface area contributed by atoms with Crippen molar-refractivity contribution in [3.63, 3.8) is 0 Å². The summed E-state index contributed by atoms with van der Waals surface area (Å²) in [6, 6.07) is 3.02. The van der Waals surface area contributed by atoms with Crippen LogP contribution in [-0.4, -0.2) is 30.6 Å². The number of furan rings is 1. The zero-order valence-electron chi connectivity index (χ0n) is 13.1. The van der Waals surface area contributed by atoms with Crippen molar-refractivity contribution >= 4 is 11.8 Å². The molecule has 2 rings (SSSR count). The lowest BCUT2D eigenvalue weighted by Crippen LogP contribution is -2.50. The first-order chi connectivity index (χ1) is 10.6. The highest BCUT2D eigenvalue weighted by Gasteiger charge is 2.28. The minimum atomic E-state index is -0.549. The van der Waals surface area contributed by atoms with Gasteiger partial charge >= 0.3 is 0 Å². The lowest BCUT2D eigenvalue weighted by molar-refractivity contribution is -0.134. The number of amides is 2. The van der Waals surface area contributed by atoms with Crippen molar-refractivity contribution < 1.29 is 18.7 Å². The zero-order chi connectivity index (χ0) is 15.9. The average molecular weight is 308 g/mol. The lowest BCUT2D eigenvalue weighted by Gasteiger charge is -2.21. The van der Waals surface area contributed by atoms with Gasteiger partial charge in [-0.3, -0.25) is 9.59 Å². The summed E-state index contributed by atoms with van der Waals surface area (Å²) in [5, 5.41) is 5.61. The molecule has 2 atom stereocenters. The molecule has 1 aliphatic rings. The van der Waals surface area contributed by atoms with Crippen LogP contribution in [0.1, 0.15) is 38.9 Å². The van der Waals surface area contributed by atoms with Crippen LogP contribution in [0.5, 0.6) is 0 Å². The van der Waals surface area contributed by atoms with Crippen molar-refractivity contribution in [3.05, 3.63) is 24.2 Å². The van der Waals surface area contributed by atoms with Gasteiger partial charge in [-0.05, 0) is 37.3 Å². The second-order valence-corrected chi connectivity index (χ2v) is 5.99. The molecule has 0 bridgehead atoms. The van der Waals surface area contributed by atoms with E-state index in [1.165, 1.54) is 0 Å². The fourth-order valence-electron chi connectivity index (χ4n) is 2.46. The SMILES string of the molecule is CC(C)C[C@H](NC(=O)C1CCCO1)C(=O)NCc1ccco1. The summed E-state index contributed by atoms with van der Waals surface area (Å²) >= 11 is 0. The Labute approximate surface area is 130 Å². The van der Waals surface area contributed by atoms with Crippen molar-refractivity contribution in [1.82, 2.24) is 10.6 Å². The van der Waals surface area contributed by atoms with Gasteiger partial charge in [0.25, 0.3) is 0 Å². The molecule has 1 aromatic rings. The molecule has 0 spiro atoms. The monoisotopic (exact) mass is 308 g/mol. The third-order valence-electron chi connectivity index (χ3n) is 3.58. The molecule has 1 fully saturated rings. The number of rotatable bonds is 7. The standard InChI is InChI=1S/C16H24N2O4/c1-11(2)9-13(18-16(20)14-6-4-8-22-14)15(19)17-10-12-5-3-7-21-12/h3,5,7,11,13-14H,4,6,8-10H2,1-2H3,(H,17,19)(H,18,20)/t13-,14?/m0/s1. The molecule has 2 heterocycles. The van der Waals surface area contributed by atoms with Gasteiger partial charge < -0.3 is 19.8 Å². The fraction of sp³-hybridized carbons (Fsp3) is 0.625. The predicted octanol–water partition coefficient (Wildman–Crippen LogP) is 1.61. The van der Waals surface area contributed by atoms with E-state index in [4.69, 9.17) is 9.15 Å². The molecular formula is C16H24N2O4. The van der Waals surface area contributed by atoms with Gasteiger partial charge in [-0.2, -0.15) is 0 Å². The fourth-order valence-corrected chi connectivity index (χ4v) is 2.46. The van der Waals surface area contributed by atoms with Gasteiger partial charge in [-0.1, -0.05) is 13.8 Å². The zero-order valence-corrected chi connectivity index (χ0v) is 13.1. The lowest BCUT2D eigenvalue weighted by atomic mass is 10.0. The molecule has 6 nitrogen and oxygen atoms in total. The first-order valence-corrected chi connectivity index (χ1v) is 7.78. The smallest absolute Gasteiger partial charge is 0.249 e. The third-order valence-corrected chi connectivity index (χ3v) is 3.58. The highest BCUT2D eigenvalue weighted by atomic mass is 16.5. The second kappa shape index (κ2) is 7.98. The Morgan fingerprint density at radius 2 is 2.23 bits per heavy atom. The molecule has 1 aromatic heterocycles. The van der Waals surface area contributed by atoms with E-state index < -0.39 is 12.1 Å². The molecule has 0 radical (unpaired) electrons. The van der Waals surface area contributed by atoms with Crippen LogP contribution in [0, 0.1) is 5.92 Å². The minimum Gasteiger partial charge on any atom is -0.467 e. The third kappa shape index (κ3) is 4.87. The first-order valence-electron chi connectivity index (χ1n) is 7.78. The largest absolute Gasteiger partial charge is 0.467 e. The van der Waals surface area contributed by atoms with Gasteiger partial charge in [0.1, 0.15) is 17.9 Å². The van der Waals surface area contributed by atoms with Crippen molar-refractivity contribution in [2.75, 3.05) is 6.61 Å². The van der Waals surface area contributed by atoms with Crippen molar-refractivity contribution in [2.24, 2.45) is 5.92 Å². The van der Waals surface area contributed by atoms with E-state index in [1.807, 2.05) is 13.8 Å². The Hall–Kier alpha value is -1.82. The highest BCUT2D eigenvalue weighted by Crippen LogP contribution is 2.13. The van der Waals surface area contributed by atoms with Gasteiger partial charge in [-0.15, -0.1) is 0 Å². The normalized spacial score (nSPS) is 19.1. The maximum absolute atomic E-state index is 12.3. The molecule has 0 aromatic carbocycles. The number of hydrogen-bond donors (Lipinski definition) is 2. The first kappa shape index (κ1) is 16.5.